The minimum atomic E-state index is 0.994. The highest BCUT2D eigenvalue weighted by Gasteiger charge is 2.16. The molecule has 0 aliphatic carbocycles. The molecule has 21 heavy (non-hydrogen) atoms. The molecule has 4 heteroatoms. The highest BCUT2D eigenvalue weighted by Crippen LogP contribution is 2.23. The van der Waals surface area contributed by atoms with Crippen LogP contribution in [0.2, 0.25) is 0 Å². The zero-order valence-electron chi connectivity index (χ0n) is 12.3. The van der Waals surface area contributed by atoms with Crippen LogP contribution in [0.3, 0.4) is 0 Å². The Kier molecular flexibility index (Phi) is 3.56. The van der Waals surface area contributed by atoms with Crippen molar-refractivity contribution in [3.05, 3.63) is 59.9 Å². The Labute approximate surface area is 129 Å². The second-order valence-electron chi connectivity index (χ2n) is 4.94. The minimum Gasteiger partial charge on any atom is -0.386 e. The number of para-hydroxylation sites is 1. The van der Waals surface area contributed by atoms with Crippen LogP contribution in [-0.4, -0.2) is 16.9 Å². The zero-order valence-corrected chi connectivity index (χ0v) is 13.1. The summed E-state index contributed by atoms with van der Waals surface area (Å²) in [6.07, 6.45) is 3.79. The lowest BCUT2D eigenvalue weighted by atomic mass is 9.94. The number of rotatable bonds is 4. The molecule has 3 aromatic rings. The van der Waals surface area contributed by atoms with E-state index in [9.17, 15) is 0 Å². The molecule has 103 valence electrons. The molecule has 0 unspecified atom stereocenters. The third kappa shape index (κ3) is 2.26. The molecule has 0 atom stereocenters. The van der Waals surface area contributed by atoms with Crippen LogP contribution in [0.4, 0.5) is 0 Å². The summed E-state index contributed by atoms with van der Waals surface area (Å²) in [4.78, 5) is 5.66. The maximum absolute atomic E-state index is 4.67. The fourth-order valence-corrected chi connectivity index (χ4v) is 3.57. The Morgan fingerprint density at radius 2 is 1.95 bits per heavy atom. The van der Waals surface area contributed by atoms with Crippen molar-refractivity contribution in [2.75, 3.05) is 0 Å². The molecule has 0 fully saturated rings. The lowest BCUT2D eigenvalue weighted by Crippen LogP contribution is -2.23. The van der Waals surface area contributed by atoms with Gasteiger partial charge in [-0.05, 0) is 43.2 Å². The van der Waals surface area contributed by atoms with Crippen molar-refractivity contribution in [2.45, 2.75) is 13.8 Å². The Bertz CT molecular complexity index is 809. The summed E-state index contributed by atoms with van der Waals surface area (Å²) >= 11 is 1.70. The maximum Gasteiger partial charge on any atom is 0.328 e. The van der Waals surface area contributed by atoms with Crippen LogP contribution in [-0.2, 0) is 0 Å². The van der Waals surface area contributed by atoms with Gasteiger partial charge in [-0.3, -0.25) is 0 Å². The molecule has 0 spiro atoms. The Balaban J connectivity index is 2.08. The number of benzene rings is 1. The summed E-state index contributed by atoms with van der Waals surface area (Å²) in [5, 5.41) is 0. The monoisotopic (exact) mass is 291 g/mol. The van der Waals surface area contributed by atoms with Crippen molar-refractivity contribution >= 4 is 46.0 Å². The molecule has 2 heterocycles. The molecular weight excluding hydrogens is 275 g/mol. The van der Waals surface area contributed by atoms with E-state index >= 15 is 0 Å². The van der Waals surface area contributed by atoms with Gasteiger partial charge in [0.05, 0.1) is 15.1 Å². The molecule has 0 N–H and O–H groups in total. The molecule has 0 aliphatic heterocycles. The molecule has 1 aromatic carbocycles. The van der Waals surface area contributed by atoms with Gasteiger partial charge in [-0.25, -0.2) is 4.98 Å². The van der Waals surface area contributed by atoms with Gasteiger partial charge in [-0.1, -0.05) is 31.4 Å². The highest BCUT2D eigenvalue weighted by molar-refractivity contribution is 7.26. The summed E-state index contributed by atoms with van der Waals surface area (Å²) in [7, 11) is 2.08. The van der Waals surface area contributed by atoms with Crippen molar-refractivity contribution in [2.24, 2.45) is 0 Å². The fraction of sp³-hybridized carbons (Fsp3) is 0.118. The van der Waals surface area contributed by atoms with Gasteiger partial charge in [-0.2, -0.15) is 0 Å². The van der Waals surface area contributed by atoms with Crippen LogP contribution in [0, 0.1) is 13.8 Å². The number of fused-ring (bicyclic) bond motifs is 1. The Morgan fingerprint density at radius 3 is 2.62 bits per heavy atom. The first-order valence-corrected chi connectivity index (χ1v) is 7.64. The van der Waals surface area contributed by atoms with Crippen LogP contribution < -0.4 is 4.91 Å². The number of thiazole rings is 1. The molecule has 2 aromatic heterocycles. The van der Waals surface area contributed by atoms with E-state index in [0.29, 0.717) is 0 Å². The number of hydrogen-bond donors (Lipinski definition) is 0. The molecule has 0 aliphatic rings. The van der Waals surface area contributed by atoms with Crippen LogP contribution >= 0.6 is 11.3 Å². The predicted molar refractivity (Wildman–Crippen MR) is 94.5 cm³/mol. The van der Waals surface area contributed by atoms with E-state index in [4.69, 9.17) is 0 Å². The lowest BCUT2D eigenvalue weighted by Gasteiger charge is -2.06. The van der Waals surface area contributed by atoms with E-state index in [-0.39, 0.29) is 0 Å². The molecular formula is C17H16BN2S. The average Bonchev–Trinajstić information content (AvgIpc) is 2.98. The van der Waals surface area contributed by atoms with Crippen LogP contribution in [0.15, 0.2) is 37.4 Å². The van der Waals surface area contributed by atoms with E-state index < -0.39 is 0 Å². The van der Waals surface area contributed by atoms with Gasteiger partial charge in [0.25, 0.3) is 0 Å². The van der Waals surface area contributed by atoms with Crippen molar-refractivity contribution in [1.29, 1.82) is 0 Å². The van der Waals surface area contributed by atoms with Gasteiger partial charge >= 0.3 is 7.41 Å². The number of nitrogens with zero attached hydrogens (tertiary/aromatic N) is 2. The van der Waals surface area contributed by atoms with E-state index in [0.717, 1.165) is 21.8 Å². The summed E-state index contributed by atoms with van der Waals surface area (Å²) in [5.41, 5.74) is 5.68. The summed E-state index contributed by atoms with van der Waals surface area (Å²) in [6.45, 7) is 12.0. The summed E-state index contributed by atoms with van der Waals surface area (Å²) < 4.78 is 3.35. The van der Waals surface area contributed by atoms with Crippen molar-refractivity contribution < 1.29 is 0 Å². The maximum atomic E-state index is 4.67. The first-order chi connectivity index (χ1) is 10.2. The quantitative estimate of drug-likeness (QED) is 0.669. The molecule has 0 bridgehead atoms. The Morgan fingerprint density at radius 1 is 1.19 bits per heavy atom. The molecule has 3 rings (SSSR count). The van der Waals surface area contributed by atoms with Crippen molar-refractivity contribution in [3.8, 4) is 0 Å². The smallest absolute Gasteiger partial charge is 0.328 e. The van der Waals surface area contributed by atoms with Gasteiger partial charge in [0.2, 0.25) is 0 Å². The third-order valence-electron chi connectivity index (χ3n) is 3.75. The van der Waals surface area contributed by atoms with Gasteiger partial charge in [0.1, 0.15) is 0 Å². The SMILES string of the molecule is C=Cc1c(C)c(C=C)n([B]c2nc3ccccc3s2)c1C. The fourth-order valence-electron chi connectivity index (χ4n) is 2.67. The van der Waals surface area contributed by atoms with Gasteiger partial charge in [0, 0.05) is 11.4 Å². The van der Waals surface area contributed by atoms with Crippen LogP contribution in [0.1, 0.15) is 22.5 Å². The van der Waals surface area contributed by atoms with Crippen LogP contribution in [0.5, 0.6) is 0 Å². The van der Waals surface area contributed by atoms with Gasteiger partial charge in [-0.15, -0.1) is 11.3 Å². The van der Waals surface area contributed by atoms with E-state index in [1.54, 1.807) is 11.3 Å². The minimum absolute atomic E-state index is 0.994. The van der Waals surface area contributed by atoms with Crippen molar-refractivity contribution in [1.82, 2.24) is 9.46 Å². The second-order valence-corrected chi connectivity index (χ2v) is 6.00. The highest BCUT2D eigenvalue weighted by atomic mass is 32.1. The third-order valence-corrected chi connectivity index (χ3v) is 4.72. The van der Waals surface area contributed by atoms with Gasteiger partial charge < -0.3 is 4.48 Å². The molecule has 0 amide bonds. The Hall–Kier alpha value is -2.07. The first-order valence-electron chi connectivity index (χ1n) is 6.82. The first kappa shape index (κ1) is 13.9. The molecule has 1 radical (unpaired) electrons. The van der Waals surface area contributed by atoms with E-state index in [1.165, 1.54) is 15.8 Å². The van der Waals surface area contributed by atoms with Crippen LogP contribution in [0.25, 0.3) is 22.4 Å². The van der Waals surface area contributed by atoms with Gasteiger partial charge in [0.15, 0.2) is 0 Å². The standard InChI is InChI=1S/C17H16BN2S/c1-5-13-11(3)15(6-2)20(12(13)4)18-17-19-14-9-7-8-10-16(14)21-17/h5-10H,1-2H2,3-4H3. The zero-order chi connectivity index (χ0) is 15.0. The average molecular weight is 291 g/mol. The second kappa shape index (κ2) is 5.37. The molecule has 0 saturated heterocycles. The number of aromatic nitrogens is 2. The topological polar surface area (TPSA) is 17.8 Å². The lowest BCUT2D eigenvalue weighted by molar-refractivity contribution is 1.12. The normalized spacial score (nSPS) is 10.8. The number of hydrogen-bond acceptors (Lipinski definition) is 2. The predicted octanol–water partition coefficient (Wildman–Crippen LogP) is 3.79. The van der Waals surface area contributed by atoms with E-state index in [2.05, 4.69) is 49.9 Å². The van der Waals surface area contributed by atoms with E-state index in [1.807, 2.05) is 30.4 Å². The van der Waals surface area contributed by atoms with Crippen molar-refractivity contribution in [3.63, 3.8) is 0 Å². The largest absolute Gasteiger partial charge is 0.386 e. The summed E-state index contributed by atoms with van der Waals surface area (Å²) in [6, 6.07) is 8.20. The molecule has 0 saturated carbocycles. The summed E-state index contributed by atoms with van der Waals surface area (Å²) in [5.74, 6) is 0. The molecule has 2 nitrogen and oxygen atoms in total.